The van der Waals surface area contributed by atoms with E-state index < -0.39 is 29.8 Å². The topological polar surface area (TPSA) is 82.3 Å². The van der Waals surface area contributed by atoms with E-state index in [0.29, 0.717) is 6.54 Å². The Labute approximate surface area is 140 Å². The molecule has 0 aromatic heterocycles. The first kappa shape index (κ1) is 16.0. The third-order valence-electron chi connectivity index (χ3n) is 5.43. The second-order valence-electron chi connectivity index (χ2n) is 6.84. The van der Waals surface area contributed by atoms with Crippen LogP contribution < -0.4 is 0 Å². The summed E-state index contributed by atoms with van der Waals surface area (Å²) in [7, 11) is 0. The number of alkyl halides is 3. The Morgan fingerprint density at radius 2 is 1.92 bits per heavy atom. The van der Waals surface area contributed by atoms with Crippen molar-refractivity contribution in [2.75, 3.05) is 6.54 Å². The third kappa shape index (κ3) is 2.11. The van der Waals surface area contributed by atoms with Gasteiger partial charge in [0.15, 0.2) is 0 Å². The van der Waals surface area contributed by atoms with E-state index >= 15 is 0 Å². The highest BCUT2D eigenvalue weighted by Gasteiger charge is 2.65. The van der Waals surface area contributed by atoms with Crippen molar-refractivity contribution in [3.63, 3.8) is 0 Å². The zero-order chi connectivity index (χ0) is 18.0. The Morgan fingerprint density at radius 3 is 2.40 bits per heavy atom. The molecular formula is C16H14F3N3O3. The van der Waals surface area contributed by atoms with Crippen molar-refractivity contribution < 1.29 is 27.9 Å². The van der Waals surface area contributed by atoms with Crippen molar-refractivity contribution in [2.24, 2.45) is 15.6 Å². The molecule has 1 saturated heterocycles. The summed E-state index contributed by atoms with van der Waals surface area (Å²) in [5, 5.41) is 15.7. The van der Waals surface area contributed by atoms with Gasteiger partial charge in [-0.15, -0.1) is 10.2 Å². The lowest BCUT2D eigenvalue weighted by Crippen LogP contribution is -2.71. The Hall–Kier alpha value is -2.45. The number of likely N-dealkylation sites (tertiary alicyclic amines) is 1. The summed E-state index contributed by atoms with van der Waals surface area (Å²) in [4.78, 5) is 25.4. The molecule has 6 nitrogen and oxygen atoms in total. The molecule has 1 aromatic carbocycles. The molecule has 2 aliphatic heterocycles. The van der Waals surface area contributed by atoms with E-state index in [9.17, 15) is 27.9 Å². The second-order valence-corrected chi connectivity index (χ2v) is 6.84. The van der Waals surface area contributed by atoms with Crippen LogP contribution in [0.4, 0.5) is 13.2 Å². The number of carboxylic acids is 1. The lowest BCUT2D eigenvalue weighted by Gasteiger charge is -2.60. The molecule has 1 spiro atoms. The van der Waals surface area contributed by atoms with Crippen LogP contribution in [0.15, 0.2) is 34.5 Å². The molecule has 3 aliphatic rings. The number of benzene rings is 1. The first-order valence-corrected chi connectivity index (χ1v) is 7.85. The summed E-state index contributed by atoms with van der Waals surface area (Å²) >= 11 is 0. The quantitative estimate of drug-likeness (QED) is 0.907. The number of carbonyl (C=O) groups excluding carboxylic acids is 1. The minimum Gasteiger partial charge on any atom is -0.480 e. The molecule has 1 aliphatic carbocycles. The number of aliphatic carboxylic acids is 1. The van der Waals surface area contributed by atoms with Crippen LogP contribution in [0.25, 0.3) is 0 Å². The van der Waals surface area contributed by atoms with E-state index in [1.165, 1.54) is 23.1 Å². The monoisotopic (exact) mass is 353 g/mol. The van der Waals surface area contributed by atoms with Gasteiger partial charge in [-0.25, -0.2) is 4.79 Å². The van der Waals surface area contributed by atoms with Gasteiger partial charge in [-0.3, -0.25) is 4.79 Å². The zero-order valence-corrected chi connectivity index (χ0v) is 13.0. The fourth-order valence-corrected chi connectivity index (χ4v) is 3.86. The number of carboxylic acid groups (broad SMARTS) is 1. The highest BCUT2D eigenvalue weighted by atomic mass is 19.4. The number of carbonyl (C=O) groups is 2. The minimum atomic E-state index is -4.68. The Bertz CT molecular complexity index is 795. The Kier molecular flexibility index (Phi) is 3.08. The lowest BCUT2D eigenvalue weighted by atomic mass is 9.58. The van der Waals surface area contributed by atoms with E-state index in [1.807, 2.05) is 0 Å². The van der Waals surface area contributed by atoms with Gasteiger partial charge in [-0.05, 0) is 25.0 Å². The molecule has 2 fully saturated rings. The minimum absolute atomic E-state index is 0.0128. The number of nitrogens with zero attached hydrogens (tertiary/aromatic N) is 3. The molecule has 9 heteroatoms. The standard InChI is InChI=1S/C16H14F3N3O3/c17-16(18,19)15(20-21-15)10-4-1-3-9(7-10)12(23)22-8-14(5-2-6-14)11(22)13(24)25/h1,3-4,7,11H,2,5-6,8H2,(H,24,25). The number of halogens is 3. The van der Waals surface area contributed by atoms with Gasteiger partial charge in [-0.2, -0.15) is 13.2 Å². The summed E-state index contributed by atoms with van der Waals surface area (Å²) in [6.07, 6.45) is -2.24. The van der Waals surface area contributed by atoms with Crippen LogP contribution in [0.5, 0.6) is 0 Å². The molecule has 25 heavy (non-hydrogen) atoms. The van der Waals surface area contributed by atoms with E-state index in [1.54, 1.807) is 0 Å². The van der Waals surface area contributed by atoms with Crippen LogP contribution >= 0.6 is 0 Å². The summed E-state index contributed by atoms with van der Waals surface area (Å²) in [6.45, 7) is 0.326. The normalized spacial score (nSPS) is 25.2. The fourth-order valence-electron chi connectivity index (χ4n) is 3.86. The lowest BCUT2D eigenvalue weighted by molar-refractivity contribution is -0.169. The Morgan fingerprint density at radius 1 is 1.24 bits per heavy atom. The maximum atomic E-state index is 13.1. The van der Waals surface area contributed by atoms with Gasteiger partial charge in [0.05, 0.1) is 0 Å². The third-order valence-corrected chi connectivity index (χ3v) is 5.43. The molecule has 1 unspecified atom stereocenters. The molecule has 2 heterocycles. The molecule has 1 atom stereocenters. The summed E-state index contributed by atoms with van der Waals surface area (Å²) in [5.74, 6) is -1.65. The highest BCUT2D eigenvalue weighted by Crippen LogP contribution is 2.54. The zero-order valence-electron chi connectivity index (χ0n) is 13.0. The van der Waals surface area contributed by atoms with E-state index in [0.717, 1.165) is 25.3 Å². The summed E-state index contributed by atoms with van der Waals surface area (Å²) < 4.78 is 39.3. The predicted molar refractivity (Wildman–Crippen MR) is 77.8 cm³/mol. The van der Waals surface area contributed by atoms with Crippen molar-refractivity contribution in [3.8, 4) is 0 Å². The SMILES string of the molecule is O=C(O)C1N(C(=O)c2cccc(C3(C(F)(F)F)N=N3)c2)CC12CCC2. The van der Waals surface area contributed by atoms with Gasteiger partial charge in [0.2, 0.25) is 0 Å². The van der Waals surface area contributed by atoms with Gasteiger partial charge < -0.3 is 10.0 Å². The van der Waals surface area contributed by atoms with Crippen LogP contribution in [-0.2, 0) is 10.5 Å². The van der Waals surface area contributed by atoms with Crippen LogP contribution in [0.1, 0.15) is 35.2 Å². The van der Waals surface area contributed by atoms with Crippen LogP contribution in [0.3, 0.4) is 0 Å². The first-order valence-electron chi connectivity index (χ1n) is 7.85. The molecule has 4 rings (SSSR count). The van der Waals surface area contributed by atoms with Gasteiger partial charge in [0, 0.05) is 23.1 Å². The maximum absolute atomic E-state index is 13.1. The summed E-state index contributed by atoms with van der Waals surface area (Å²) in [5.41, 5.74) is -3.19. The van der Waals surface area contributed by atoms with E-state index in [4.69, 9.17) is 0 Å². The number of amides is 1. The van der Waals surface area contributed by atoms with Crippen molar-refractivity contribution in [2.45, 2.75) is 37.1 Å². The van der Waals surface area contributed by atoms with Crippen LogP contribution in [-0.4, -0.2) is 40.6 Å². The molecular weight excluding hydrogens is 339 g/mol. The molecule has 0 radical (unpaired) electrons. The van der Waals surface area contributed by atoms with Crippen molar-refractivity contribution in [3.05, 3.63) is 35.4 Å². The van der Waals surface area contributed by atoms with Crippen molar-refractivity contribution in [1.82, 2.24) is 4.90 Å². The van der Waals surface area contributed by atoms with Gasteiger partial charge in [-0.1, -0.05) is 18.6 Å². The highest BCUT2D eigenvalue weighted by molar-refractivity contribution is 5.98. The molecule has 0 bridgehead atoms. The average Bonchev–Trinajstić information content (AvgIpc) is 3.25. The van der Waals surface area contributed by atoms with E-state index in [-0.39, 0.29) is 16.5 Å². The number of rotatable bonds is 3. The summed E-state index contributed by atoms with van der Waals surface area (Å²) in [6, 6.07) is 4.10. The second kappa shape index (κ2) is 4.80. The fraction of sp³-hybridized carbons (Fsp3) is 0.500. The van der Waals surface area contributed by atoms with Crippen molar-refractivity contribution >= 4 is 11.9 Å². The predicted octanol–water partition coefficient (Wildman–Crippen LogP) is 2.95. The first-order chi connectivity index (χ1) is 11.7. The van der Waals surface area contributed by atoms with Gasteiger partial charge in [0.25, 0.3) is 5.91 Å². The number of hydrogen-bond acceptors (Lipinski definition) is 4. The van der Waals surface area contributed by atoms with E-state index in [2.05, 4.69) is 10.2 Å². The Balaban J connectivity index is 1.60. The van der Waals surface area contributed by atoms with Crippen molar-refractivity contribution in [1.29, 1.82) is 0 Å². The molecule has 1 saturated carbocycles. The number of hydrogen-bond donors (Lipinski definition) is 1. The largest absolute Gasteiger partial charge is 0.480 e. The van der Waals surface area contributed by atoms with Crippen LogP contribution in [0.2, 0.25) is 0 Å². The van der Waals surface area contributed by atoms with Crippen LogP contribution in [0, 0.1) is 5.41 Å². The molecule has 132 valence electrons. The molecule has 1 aromatic rings. The molecule has 1 amide bonds. The maximum Gasteiger partial charge on any atom is 0.442 e. The average molecular weight is 353 g/mol. The molecule has 1 N–H and O–H groups in total. The van der Waals surface area contributed by atoms with Gasteiger partial charge in [0.1, 0.15) is 6.04 Å². The van der Waals surface area contributed by atoms with Gasteiger partial charge >= 0.3 is 17.8 Å². The smallest absolute Gasteiger partial charge is 0.442 e.